The van der Waals surface area contributed by atoms with Gasteiger partial charge in [-0.3, -0.25) is 4.57 Å². The number of fused-ring (bicyclic) bond motifs is 1. The van der Waals surface area contributed by atoms with E-state index in [1.54, 1.807) is 13.3 Å². The molecule has 0 aliphatic heterocycles. The first-order chi connectivity index (χ1) is 11.6. The van der Waals surface area contributed by atoms with Crippen LogP contribution in [0.3, 0.4) is 0 Å². The van der Waals surface area contributed by atoms with E-state index in [0.717, 1.165) is 5.82 Å². The maximum Gasteiger partial charge on any atom is 0.350 e. The van der Waals surface area contributed by atoms with E-state index < -0.39 is 20.0 Å². The number of anilines is 1. The highest BCUT2D eigenvalue weighted by Gasteiger charge is 2.22. The lowest BCUT2D eigenvalue weighted by Crippen LogP contribution is -2.37. The van der Waals surface area contributed by atoms with Crippen LogP contribution in [0.4, 0.5) is 5.82 Å². The van der Waals surface area contributed by atoms with Gasteiger partial charge in [0.25, 0.3) is 0 Å². The summed E-state index contributed by atoms with van der Waals surface area (Å²) in [7, 11) is -4.18. The summed E-state index contributed by atoms with van der Waals surface area (Å²) >= 11 is 0. The van der Waals surface area contributed by atoms with E-state index in [9.17, 15) is 4.57 Å². The molecular weight excluding hydrogens is 345 g/mol. The van der Waals surface area contributed by atoms with Crippen LogP contribution in [0, 0.1) is 0 Å². The van der Waals surface area contributed by atoms with Crippen LogP contribution >= 0.6 is 7.60 Å². The predicted octanol–water partition coefficient (Wildman–Crippen LogP) is 1.99. The molecule has 0 amide bonds. The summed E-state index contributed by atoms with van der Waals surface area (Å²) in [5.41, 5.74) is 1.37. The van der Waals surface area contributed by atoms with Crippen molar-refractivity contribution in [2.24, 2.45) is 0 Å². The van der Waals surface area contributed by atoms with E-state index in [-0.39, 0.29) is 12.1 Å². The van der Waals surface area contributed by atoms with E-state index in [4.69, 9.17) is 14.5 Å². The number of rotatable bonds is 8. The van der Waals surface area contributed by atoms with Crippen molar-refractivity contribution in [1.29, 1.82) is 0 Å². The Balaban J connectivity index is 2.27. The third-order valence-electron chi connectivity index (χ3n) is 3.72. The molecule has 2 rings (SSSR count). The largest absolute Gasteiger partial charge is 0.364 e. The molecule has 0 unspecified atom stereocenters. The molecule has 9 nitrogen and oxygen atoms in total. The number of imidazole rings is 1. The molecule has 0 aliphatic rings. The predicted molar refractivity (Wildman–Crippen MR) is 95.5 cm³/mol. The Morgan fingerprint density at radius 2 is 1.80 bits per heavy atom. The molecule has 2 heterocycles. The van der Waals surface area contributed by atoms with Crippen molar-refractivity contribution in [3.05, 3.63) is 12.7 Å². The fraction of sp³-hybridized carbons (Fsp3) is 0.667. The second kappa shape index (κ2) is 7.78. The lowest BCUT2D eigenvalue weighted by molar-refractivity contribution is 0.0764. The van der Waals surface area contributed by atoms with Crippen LogP contribution < -0.4 is 4.90 Å². The van der Waals surface area contributed by atoms with Crippen LogP contribution in [0.1, 0.15) is 34.6 Å². The molecule has 25 heavy (non-hydrogen) atoms. The monoisotopic (exact) mass is 371 g/mol. The lowest BCUT2D eigenvalue weighted by atomic mass is 10.2. The van der Waals surface area contributed by atoms with Gasteiger partial charge in [0.15, 0.2) is 17.0 Å². The quantitative estimate of drug-likeness (QED) is 0.677. The highest BCUT2D eigenvalue weighted by molar-refractivity contribution is 7.51. The summed E-state index contributed by atoms with van der Waals surface area (Å²) < 4.78 is 17.9. The van der Waals surface area contributed by atoms with E-state index in [1.807, 2.05) is 4.57 Å². The molecule has 0 spiro atoms. The van der Waals surface area contributed by atoms with Crippen molar-refractivity contribution in [1.82, 2.24) is 19.5 Å². The molecule has 0 aliphatic carbocycles. The number of ether oxygens (including phenoxy) is 1. The lowest BCUT2D eigenvalue weighted by Gasteiger charge is -2.31. The molecule has 0 saturated carbocycles. The van der Waals surface area contributed by atoms with Crippen molar-refractivity contribution in [3.8, 4) is 0 Å². The molecule has 0 fully saturated rings. The van der Waals surface area contributed by atoms with Gasteiger partial charge >= 0.3 is 7.60 Å². The van der Waals surface area contributed by atoms with Crippen molar-refractivity contribution < 1.29 is 19.1 Å². The van der Waals surface area contributed by atoms with Crippen LogP contribution in [-0.2, 0) is 15.8 Å². The van der Waals surface area contributed by atoms with Gasteiger partial charge in [0.2, 0.25) is 0 Å². The zero-order valence-electron chi connectivity index (χ0n) is 15.2. The standard InChI is InChI=1S/C15H26N5O4P/c1-10(2)20(11(3)4)15-13-14(16-7-17-15)19(8-18-13)6-12(5)24-9-25(21,22)23/h7-8,10-12H,6,9H2,1-5H3,(H2,21,22,23)/t12-/m1/s1. The third-order valence-corrected chi connectivity index (χ3v) is 4.21. The molecular formula is C15H26N5O4P. The summed E-state index contributed by atoms with van der Waals surface area (Å²) in [6.45, 7) is 10.5. The molecule has 1 atom stereocenters. The first kappa shape index (κ1) is 19.8. The van der Waals surface area contributed by atoms with E-state index in [1.165, 1.54) is 6.33 Å². The van der Waals surface area contributed by atoms with Gasteiger partial charge in [-0.2, -0.15) is 0 Å². The molecule has 0 saturated heterocycles. The van der Waals surface area contributed by atoms with Crippen molar-refractivity contribution >= 4 is 24.6 Å². The maximum atomic E-state index is 10.9. The SMILES string of the molecule is CC(C)N(c1ncnc2c1ncn2C[C@@H](C)OCP(=O)(O)O)C(C)C. The number of hydrogen-bond acceptors (Lipinski definition) is 6. The van der Waals surface area contributed by atoms with Crippen LogP contribution in [0.15, 0.2) is 12.7 Å². The maximum absolute atomic E-state index is 10.9. The Kier molecular flexibility index (Phi) is 6.16. The normalized spacial score (nSPS) is 13.8. The van der Waals surface area contributed by atoms with E-state index in [2.05, 4.69) is 47.5 Å². The first-order valence-electron chi connectivity index (χ1n) is 8.20. The topological polar surface area (TPSA) is 114 Å². The highest BCUT2D eigenvalue weighted by atomic mass is 31.2. The molecule has 0 radical (unpaired) electrons. The Morgan fingerprint density at radius 1 is 1.16 bits per heavy atom. The minimum absolute atomic E-state index is 0.258. The van der Waals surface area contributed by atoms with E-state index >= 15 is 0 Å². The van der Waals surface area contributed by atoms with Crippen LogP contribution in [-0.4, -0.2) is 53.8 Å². The Bertz CT molecular complexity index is 749. The smallest absolute Gasteiger partial charge is 0.350 e. The molecule has 2 aromatic heterocycles. The molecule has 2 N–H and O–H groups in total. The number of hydrogen-bond donors (Lipinski definition) is 2. The molecule has 0 bridgehead atoms. The van der Waals surface area contributed by atoms with Gasteiger partial charge < -0.3 is 24.0 Å². The summed E-state index contributed by atoms with van der Waals surface area (Å²) in [4.78, 5) is 33.2. The minimum Gasteiger partial charge on any atom is -0.364 e. The zero-order valence-corrected chi connectivity index (χ0v) is 16.1. The third kappa shape index (κ3) is 4.98. The van der Waals surface area contributed by atoms with Crippen molar-refractivity contribution in [3.63, 3.8) is 0 Å². The fourth-order valence-corrected chi connectivity index (χ4v) is 3.28. The van der Waals surface area contributed by atoms with Gasteiger partial charge in [-0.05, 0) is 34.6 Å². The molecule has 140 valence electrons. The number of aromatic nitrogens is 4. The van der Waals surface area contributed by atoms with Gasteiger partial charge in [-0.1, -0.05) is 0 Å². The Labute approximate surface area is 147 Å². The second-order valence-electron chi connectivity index (χ2n) is 6.63. The van der Waals surface area contributed by atoms with Gasteiger partial charge in [-0.15, -0.1) is 0 Å². The fourth-order valence-electron chi connectivity index (χ4n) is 2.83. The summed E-state index contributed by atoms with van der Waals surface area (Å²) in [5.74, 6) is 0.775. The molecule has 2 aromatic rings. The van der Waals surface area contributed by atoms with Crippen molar-refractivity contribution in [2.45, 2.75) is 59.4 Å². The Hall–Kier alpha value is -1.54. The van der Waals surface area contributed by atoms with Gasteiger partial charge in [0.05, 0.1) is 19.0 Å². The van der Waals surface area contributed by atoms with Gasteiger partial charge in [-0.25, -0.2) is 15.0 Å². The minimum atomic E-state index is -4.18. The average molecular weight is 371 g/mol. The summed E-state index contributed by atoms with van der Waals surface area (Å²) in [6, 6.07) is 0.516. The number of nitrogens with zero attached hydrogens (tertiary/aromatic N) is 5. The van der Waals surface area contributed by atoms with Crippen LogP contribution in [0.25, 0.3) is 11.2 Å². The summed E-state index contributed by atoms with van der Waals surface area (Å²) in [5, 5.41) is 0. The van der Waals surface area contributed by atoms with Crippen LogP contribution in [0.2, 0.25) is 0 Å². The average Bonchev–Trinajstić information content (AvgIpc) is 2.88. The van der Waals surface area contributed by atoms with Crippen molar-refractivity contribution in [2.75, 3.05) is 11.2 Å². The van der Waals surface area contributed by atoms with Crippen LogP contribution in [0.5, 0.6) is 0 Å². The van der Waals surface area contributed by atoms with Gasteiger partial charge in [0.1, 0.15) is 12.7 Å². The van der Waals surface area contributed by atoms with Gasteiger partial charge in [0, 0.05) is 12.1 Å². The summed E-state index contributed by atoms with van der Waals surface area (Å²) in [6.07, 6.45) is 2.17. The zero-order chi connectivity index (χ0) is 18.8. The molecule has 10 heteroatoms. The second-order valence-corrected chi connectivity index (χ2v) is 8.22. The molecule has 0 aromatic carbocycles. The first-order valence-corrected chi connectivity index (χ1v) is 10.00. The highest BCUT2D eigenvalue weighted by Crippen LogP contribution is 2.34. The van der Waals surface area contributed by atoms with E-state index in [0.29, 0.717) is 17.7 Å². The Morgan fingerprint density at radius 3 is 2.36 bits per heavy atom.